The molecule has 2 aromatic heterocycles. The molecule has 5 nitrogen and oxygen atoms in total. The second-order valence-electron chi connectivity index (χ2n) is 5.73. The van der Waals surface area contributed by atoms with Crippen LogP contribution in [0.2, 0.25) is 0 Å². The maximum atomic E-state index is 11.1. The summed E-state index contributed by atoms with van der Waals surface area (Å²) in [7, 11) is 0. The summed E-state index contributed by atoms with van der Waals surface area (Å²) in [5.74, 6) is 1.36. The van der Waals surface area contributed by atoms with Crippen LogP contribution in [-0.4, -0.2) is 20.7 Å². The number of rotatable bonds is 6. The maximum absolute atomic E-state index is 11.1. The first-order valence-corrected chi connectivity index (χ1v) is 9.59. The molecule has 1 aliphatic carbocycles. The molecule has 24 heavy (non-hydrogen) atoms. The van der Waals surface area contributed by atoms with Gasteiger partial charge in [-0.2, -0.15) is 0 Å². The van der Waals surface area contributed by atoms with Gasteiger partial charge in [0.05, 0.1) is 4.88 Å². The van der Waals surface area contributed by atoms with Crippen LogP contribution in [-0.2, 0) is 5.75 Å². The molecule has 2 N–H and O–H groups in total. The number of carbonyl (C=O) groups excluding carboxylic acids is 1. The van der Waals surface area contributed by atoms with E-state index in [0.29, 0.717) is 11.6 Å². The van der Waals surface area contributed by atoms with Gasteiger partial charge < -0.3 is 5.73 Å². The number of hydrogen-bond donors (Lipinski definition) is 1. The Balaban J connectivity index is 1.53. The second kappa shape index (κ2) is 6.41. The first-order valence-electron chi connectivity index (χ1n) is 7.72. The van der Waals surface area contributed by atoms with Crippen LogP contribution in [0.3, 0.4) is 0 Å². The molecule has 7 heteroatoms. The standard InChI is InChI=1S/C17H16N4OS2/c18-15(22)12-5-3-11(4-6-12)10-24-17-20-19-16(14-2-1-9-23-14)21(17)13-7-8-13/h1-6,9,13H,7-8,10H2,(H2,18,22). The number of primary amides is 1. The van der Waals surface area contributed by atoms with Gasteiger partial charge >= 0.3 is 0 Å². The molecule has 1 amide bonds. The molecule has 1 aliphatic rings. The van der Waals surface area contributed by atoms with E-state index in [9.17, 15) is 4.79 Å². The molecule has 0 atom stereocenters. The Morgan fingerprint density at radius 2 is 2.04 bits per heavy atom. The van der Waals surface area contributed by atoms with E-state index in [0.717, 1.165) is 27.2 Å². The first-order chi connectivity index (χ1) is 11.7. The van der Waals surface area contributed by atoms with Gasteiger partial charge in [-0.1, -0.05) is 30.0 Å². The van der Waals surface area contributed by atoms with Crippen LogP contribution in [0, 0.1) is 0 Å². The van der Waals surface area contributed by atoms with E-state index >= 15 is 0 Å². The summed E-state index contributed by atoms with van der Waals surface area (Å²) < 4.78 is 2.27. The second-order valence-corrected chi connectivity index (χ2v) is 7.62. The van der Waals surface area contributed by atoms with Crippen molar-refractivity contribution in [2.24, 2.45) is 5.73 Å². The topological polar surface area (TPSA) is 73.8 Å². The maximum Gasteiger partial charge on any atom is 0.248 e. The van der Waals surface area contributed by atoms with E-state index in [2.05, 4.69) is 26.2 Å². The molecule has 3 aromatic rings. The largest absolute Gasteiger partial charge is 0.366 e. The lowest BCUT2D eigenvalue weighted by molar-refractivity contribution is 0.100. The van der Waals surface area contributed by atoms with Crippen LogP contribution in [0.4, 0.5) is 0 Å². The van der Waals surface area contributed by atoms with Gasteiger partial charge in [0.25, 0.3) is 0 Å². The van der Waals surface area contributed by atoms with Gasteiger partial charge in [0.1, 0.15) is 0 Å². The summed E-state index contributed by atoms with van der Waals surface area (Å²) in [4.78, 5) is 12.3. The molecule has 0 radical (unpaired) electrons. The van der Waals surface area contributed by atoms with Gasteiger partial charge in [-0.25, -0.2) is 0 Å². The number of thioether (sulfide) groups is 1. The summed E-state index contributed by atoms with van der Waals surface area (Å²) >= 11 is 3.37. The molecule has 1 saturated carbocycles. The average Bonchev–Trinajstić information content (AvgIpc) is 3.11. The van der Waals surface area contributed by atoms with Crippen LogP contribution in [0.25, 0.3) is 10.7 Å². The summed E-state index contributed by atoms with van der Waals surface area (Å²) in [5, 5.41) is 11.8. The summed E-state index contributed by atoms with van der Waals surface area (Å²) in [5.41, 5.74) is 6.94. The number of carbonyl (C=O) groups is 1. The fourth-order valence-electron chi connectivity index (χ4n) is 2.52. The van der Waals surface area contributed by atoms with Crippen molar-refractivity contribution in [2.75, 3.05) is 0 Å². The van der Waals surface area contributed by atoms with Crippen molar-refractivity contribution in [3.63, 3.8) is 0 Å². The van der Waals surface area contributed by atoms with Crippen LogP contribution in [0.15, 0.2) is 46.9 Å². The highest BCUT2D eigenvalue weighted by Crippen LogP contribution is 2.42. The monoisotopic (exact) mass is 356 g/mol. The van der Waals surface area contributed by atoms with Crippen molar-refractivity contribution in [1.82, 2.24) is 14.8 Å². The molecule has 1 aromatic carbocycles. The minimum Gasteiger partial charge on any atom is -0.366 e. The highest BCUT2D eigenvalue weighted by atomic mass is 32.2. The van der Waals surface area contributed by atoms with Crippen molar-refractivity contribution < 1.29 is 4.79 Å². The summed E-state index contributed by atoms with van der Waals surface area (Å²) in [6.45, 7) is 0. The molecule has 0 spiro atoms. The van der Waals surface area contributed by atoms with Crippen molar-refractivity contribution in [3.05, 3.63) is 52.9 Å². The van der Waals surface area contributed by atoms with E-state index < -0.39 is 5.91 Å². The molecule has 0 unspecified atom stereocenters. The van der Waals surface area contributed by atoms with Gasteiger partial charge in [-0.15, -0.1) is 21.5 Å². The SMILES string of the molecule is NC(=O)c1ccc(CSc2nnc(-c3cccs3)n2C2CC2)cc1. The van der Waals surface area contributed by atoms with Gasteiger partial charge in [0.2, 0.25) is 5.91 Å². The molecular formula is C17H16N4OS2. The zero-order valence-corrected chi connectivity index (χ0v) is 14.5. The van der Waals surface area contributed by atoms with Gasteiger partial charge in [-0.05, 0) is 42.0 Å². The summed E-state index contributed by atoms with van der Waals surface area (Å²) in [6.07, 6.45) is 2.38. The van der Waals surface area contributed by atoms with E-state index in [4.69, 9.17) is 5.73 Å². The molecule has 4 rings (SSSR count). The molecule has 0 bridgehead atoms. The van der Waals surface area contributed by atoms with Crippen molar-refractivity contribution >= 4 is 29.0 Å². The number of benzene rings is 1. The summed E-state index contributed by atoms with van der Waals surface area (Å²) in [6, 6.07) is 12.1. The Hall–Kier alpha value is -2.12. The molecule has 2 heterocycles. The lowest BCUT2D eigenvalue weighted by Gasteiger charge is -2.08. The predicted octanol–water partition coefficient (Wildman–Crippen LogP) is 3.73. The minimum absolute atomic E-state index is 0.400. The van der Waals surface area contributed by atoms with E-state index in [-0.39, 0.29) is 0 Å². The Kier molecular flexibility index (Phi) is 4.12. The normalized spacial score (nSPS) is 14.0. The average molecular weight is 356 g/mol. The van der Waals surface area contributed by atoms with Crippen LogP contribution in [0.5, 0.6) is 0 Å². The highest BCUT2D eigenvalue weighted by Gasteiger charge is 2.30. The quantitative estimate of drug-likeness (QED) is 0.683. The number of amides is 1. The van der Waals surface area contributed by atoms with Crippen molar-refractivity contribution in [1.29, 1.82) is 0 Å². The highest BCUT2D eigenvalue weighted by molar-refractivity contribution is 7.98. The first kappa shape index (κ1) is 15.4. The zero-order valence-electron chi connectivity index (χ0n) is 12.9. The van der Waals surface area contributed by atoms with Crippen LogP contribution < -0.4 is 5.73 Å². The Morgan fingerprint density at radius 1 is 1.25 bits per heavy atom. The third kappa shape index (κ3) is 3.09. The van der Waals surface area contributed by atoms with Gasteiger partial charge in [0.15, 0.2) is 11.0 Å². The Morgan fingerprint density at radius 3 is 2.67 bits per heavy atom. The third-order valence-electron chi connectivity index (χ3n) is 3.92. The Labute approximate surface area is 147 Å². The number of aromatic nitrogens is 3. The predicted molar refractivity (Wildman–Crippen MR) is 96.1 cm³/mol. The van der Waals surface area contributed by atoms with Crippen molar-refractivity contribution in [2.45, 2.75) is 29.8 Å². The molecule has 122 valence electrons. The van der Waals surface area contributed by atoms with E-state index in [1.165, 1.54) is 12.8 Å². The fraction of sp³-hybridized carbons (Fsp3) is 0.235. The fourth-order valence-corrected chi connectivity index (χ4v) is 4.19. The zero-order chi connectivity index (χ0) is 16.5. The van der Waals surface area contributed by atoms with Gasteiger partial charge in [0, 0.05) is 17.4 Å². The van der Waals surface area contributed by atoms with E-state index in [1.54, 1.807) is 35.2 Å². The lowest BCUT2D eigenvalue weighted by Crippen LogP contribution is -2.10. The van der Waals surface area contributed by atoms with Crippen LogP contribution >= 0.6 is 23.1 Å². The smallest absolute Gasteiger partial charge is 0.248 e. The van der Waals surface area contributed by atoms with Crippen molar-refractivity contribution in [3.8, 4) is 10.7 Å². The lowest BCUT2D eigenvalue weighted by atomic mass is 10.1. The number of thiophene rings is 1. The minimum atomic E-state index is -0.400. The number of nitrogens with zero attached hydrogens (tertiary/aromatic N) is 3. The van der Waals surface area contributed by atoms with Gasteiger partial charge in [-0.3, -0.25) is 9.36 Å². The Bertz CT molecular complexity index is 851. The third-order valence-corrected chi connectivity index (χ3v) is 5.80. The molecular weight excluding hydrogens is 340 g/mol. The van der Waals surface area contributed by atoms with Crippen LogP contribution in [0.1, 0.15) is 34.8 Å². The molecule has 1 fully saturated rings. The number of hydrogen-bond acceptors (Lipinski definition) is 5. The van der Waals surface area contributed by atoms with E-state index in [1.807, 2.05) is 18.2 Å². The number of nitrogens with two attached hydrogens (primary N) is 1. The molecule has 0 aliphatic heterocycles. The molecule has 0 saturated heterocycles.